The molecule has 132 valence electrons. The van der Waals surface area contributed by atoms with Crippen molar-refractivity contribution in [2.45, 2.75) is 25.7 Å². The minimum absolute atomic E-state index is 0.0315. The summed E-state index contributed by atoms with van der Waals surface area (Å²) >= 11 is 6.22. The van der Waals surface area contributed by atoms with Crippen molar-refractivity contribution < 1.29 is 14.1 Å². The molecule has 1 aromatic carbocycles. The molecule has 1 atom stereocenters. The maximum Gasteiger partial charge on any atom is 0.255 e. The highest BCUT2D eigenvalue weighted by atomic mass is 35.5. The molecule has 1 spiro atoms. The summed E-state index contributed by atoms with van der Waals surface area (Å²) < 4.78 is 11.0. The first-order valence-corrected chi connectivity index (χ1v) is 8.89. The van der Waals surface area contributed by atoms with Crippen LogP contribution in [0.25, 0.3) is 0 Å². The minimum Gasteiger partial charge on any atom is -0.381 e. The van der Waals surface area contributed by atoms with Gasteiger partial charge in [0.25, 0.3) is 5.91 Å². The molecule has 0 bridgehead atoms. The summed E-state index contributed by atoms with van der Waals surface area (Å²) in [6.07, 6.45) is 1.76. The predicted octanol–water partition coefficient (Wildman–Crippen LogP) is 3.07. The molecule has 4 rings (SSSR count). The summed E-state index contributed by atoms with van der Waals surface area (Å²) in [6.45, 7) is 4.42. The molecule has 3 heterocycles. The number of amides is 1. The molecule has 2 aromatic rings. The Bertz CT molecular complexity index is 785. The summed E-state index contributed by atoms with van der Waals surface area (Å²) in [4.78, 5) is 19.3. The van der Waals surface area contributed by atoms with Crippen molar-refractivity contribution in [3.8, 4) is 0 Å². The van der Waals surface area contributed by atoms with Gasteiger partial charge in [-0.05, 0) is 31.9 Å². The average Bonchev–Trinajstić information content (AvgIpc) is 3.19. The molecule has 0 N–H and O–H groups in total. The number of hydrogen-bond donors (Lipinski definition) is 0. The van der Waals surface area contributed by atoms with Crippen molar-refractivity contribution >= 4 is 17.5 Å². The molecule has 6 nitrogen and oxygen atoms in total. The number of rotatable bonds is 2. The zero-order valence-electron chi connectivity index (χ0n) is 14.1. The van der Waals surface area contributed by atoms with Crippen LogP contribution in [0, 0.1) is 12.3 Å². The van der Waals surface area contributed by atoms with Crippen LogP contribution in [0.5, 0.6) is 0 Å². The van der Waals surface area contributed by atoms with Crippen LogP contribution in [-0.4, -0.2) is 47.3 Å². The number of ether oxygens (including phenoxy) is 1. The first-order chi connectivity index (χ1) is 12.1. The van der Waals surface area contributed by atoms with Crippen LogP contribution in [-0.2, 0) is 4.74 Å². The van der Waals surface area contributed by atoms with Gasteiger partial charge in [0.2, 0.25) is 5.89 Å². The largest absolute Gasteiger partial charge is 0.381 e. The second kappa shape index (κ2) is 6.42. The van der Waals surface area contributed by atoms with Gasteiger partial charge in [-0.1, -0.05) is 28.9 Å². The van der Waals surface area contributed by atoms with Gasteiger partial charge >= 0.3 is 0 Å². The molecule has 2 aliphatic rings. The van der Waals surface area contributed by atoms with E-state index in [0.29, 0.717) is 48.6 Å². The third-order valence-corrected chi connectivity index (χ3v) is 5.70. The Balaban J connectivity index is 1.66. The second-order valence-electron chi connectivity index (χ2n) is 6.87. The number of benzene rings is 1. The van der Waals surface area contributed by atoms with Crippen LogP contribution >= 0.6 is 11.6 Å². The third-order valence-electron chi connectivity index (χ3n) is 5.37. The van der Waals surface area contributed by atoms with Crippen LogP contribution < -0.4 is 0 Å². The summed E-state index contributed by atoms with van der Waals surface area (Å²) in [5.41, 5.74) is 0.461. The number of aryl methyl sites for hydroxylation is 1. The lowest BCUT2D eigenvalue weighted by molar-refractivity contribution is 0.00836. The third kappa shape index (κ3) is 2.93. The molecule has 1 amide bonds. The van der Waals surface area contributed by atoms with Crippen molar-refractivity contribution in [2.75, 3.05) is 26.3 Å². The predicted molar refractivity (Wildman–Crippen MR) is 91.6 cm³/mol. The summed E-state index contributed by atoms with van der Waals surface area (Å²) in [5.74, 6) is 1.22. The minimum atomic E-state index is -0.0753. The van der Waals surface area contributed by atoms with Gasteiger partial charge in [0, 0.05) is 31.7 Å². The van der Waals surface area contributed by atoms with Crippen LogP contribution in [0.1, 0.15) is 40.8 Å². The number of halogens is 1. The Hall–Kier alpha value is -1.92. The molecule has 2 saturated heterocycles. The van der Waals surface area contributed by atoms with E-state index in [2.05, 4.69) is 10.1 Å². The van der Waals surface area contributed by atoms with Gasteiger partial charge in [-0.15, -0.1) is 0 Å². The topological polar surface area (TPSA) is 68.5 Å². The van der Waals surface area contributed by atoms with Gasteiger partial charge in [-0.3, -0.25) is 4.79 Å². The zero-order chi connectivity index (χ0) is 17.4. The highest BCUT2D eigenvalue weighted by molar-refractivity contribution is 6.33. The Labute approximate surface area is 151 Å². The molecule has 0 unspecified atom stereocenters. The van der Waals surface area contributed by atoms with Crippen LogP contribution in [0.15, 0.2) is 28.8 Å². The Kier molecular flexibility index (Phi) is 4.25. The van der Waals surface area contributed by atoms with Gasteiger partial charge in [0.05, 0.1) is 16.5 Å². The maximum atomic E-state index is 13.0. The van der Waals surface area contributed by atoms with Crippen molar-refractivity contribution in [1.29, 1.82) is 0 Å². The van der Waals surface area contributed by atoms with Gasteiger partial charge in [-0.25, -0.2) is 0 Å². The number of carbonyl (C=O) groups is 1. The Morgan fingerprint density at radius 1 is 1.32 bits per heavy atom. The van der Waals surface area contributed by atoms with Crippen molar-refractivity contribution in [3.05, 3.63) is 46.6 Å². The lowest BCUT2D eigenvalue weighted by Gasteiger charge is -2.36. The molecule has 1 aromatic heterocycles. The fourth-order valence-corrected chi connectivity index (χ4v) is 4.22. The van der Waals surface area contributed by atoms with E-state index in [0.717, 1.165) is 12.8 Å². The number of aromatic nitrogens is 2. The molecule has 7 heteroatoms. The van der Waals surface area contributed by atoms with E-state index >= 15 is 0 Å². The maximum absolute atomic E-state index is 13.0. The first kappa shape index (κ1) is 16.5. The Morgan fingerprint density at radius 3 is 2.76 bits per heavy atom. The van der Waals surface area contributed by atoms with E-state index in [9.17, 15) is 4.79 Å². The molecular formula is C18H20ClN3O3. The lowest BCUT2D eigenvalue weighted by Crippen LogP contribution is -2.37. The van der Waals surface area contributed by atoms with E-state index in [4.69, 9.17) is 20.9 Å². The molecule has 2 aliphatic heterocycles. The standard InChI is InChI=1S/C18H20ClN3O3/c1-12-20-16(25-21-12)14-10-22(11-18(14)6-8-24-9-7-18)17(23)13-4-2-3-5-15(13)19/h2-5,14H,6-11H2,1H3/t14-/m1/s1. The fourth-order valence-electron chi connectivity index (χ4n) is 4.01. The summed E-state index contributed by atoms with van der Waals surface area (Å²) in [6, 6.07) is 7.17. The fraction of sp³-hybridized carbons (Fsp3) is 0.500. The molecule has 25 heavy (non-hydrogen) atoms. The van der Waals surface area contributed by atoms with Crippen molar-refractivity contribution in [2.24, 2.45) is 5.41 Å². The summed E-state index contributed by atoms with van der Waals surface area (Å²) in [5, 5.41) is 4.42. The van der Waals surface area contributed by atoms with Gasteiger partial charge in [0.1, 0.15) is 0 Å². The number of likely N-dealkylation sites (tertiary alicyclic amines) is 1. The monoisotopic (exact) mass is 361 g/mol. The normalized spacial score (nSPS) is 22.5. The van der Waals surface area contributed by atoms with Crippen LogP contribution in [0.3, 0.4) is 0 Å². The molecule has 0 radical (unpaired) electrons. The van der Waals surface area contributed by atoms with E-state index in [1.165, 1.54) is 0 Å². The molecule has 2 fully saturated rings. The van der Waals surface area contributed by atoms with Gasteiger partial charge in [0.15, 0.2) is 5.82 Å². The molecule has 0 saturated carbocycles. The lowest BCUT2D eigenvalue weighted by atomic mass is 9.72. The zero-order valence-corrected chi connectivity index (χ0v) is 14.8. The van der Waals surface area contributed by atoms with Gasteiger partial charge < -0.3 is 14.2 Å². The van der Waals surface area contributed by atoms with E-state index < -0.39 is 0 Å². The number of nitrogens with zero attached hydrogens (tertiary/aromatic N) is 3. The first-order valence-electron chi connectivity index (χ1n) is 8.51. The van der Waals surface area contributed by atoms with Crippen LogP contribution in [0.2, 0.25) is 5.02 Å². The van der Waals surface area contributed by atoms with E-state index in [-0.39, 0.29) is 17.2 Å². The average molecular weight is 362 g/mol. The molecular weight excluding hydrogens is 342 g/mol. The summed E-state index contributed by atoms with van der Waals surface area (Å²) in [7, 11) is 0. The smallest absolute Gasteiger partial charge is 0.255 e. The highest BCUT2D eigenvalue weighted by Gasteiger charge is 2.51. The Morgan fingerprint density at radius 2 is 2.08 bits per heavy atom. The van der Waals surface area contributed by atoms with Crippen LogP contribution in [0.4, 0.5) is 0 Å². The molecule has 0 aliphatic carbocycles. The number of carbonyl (C=O) groups excluding carboxylic acids is 1. The highest BCUT2D eigenvalue weighted by Crippen LogP contribution is 2.49. The number of hydrogen-bond acceptors (Lipinski definition) is 5. The second-order valence-corrected chi connectivity index (χ2v) is 7.28. The van der Waals surface area contributed by atoms with E-state index in [1.807, 2.05) is 24.0 Å². The quantitative estimate of drug-likeness (QED) is 0.822. The van der Waals surface area contributed by atoms with Gasteiger partial charge in [-0.2, -0.15) is 4.98 Å². The van der Waals surface area contributed by atoms with E-state index in [1.54, 1.807) is 12.1 Å². The van der Waals surface area contributed by atoms with Crippen molar-refractivity contribution in [1.82, 2.24) is 15.0 Å². The van der Waals surface area contributed by atoms with Crippen molar-refractivity contribution in [3.63, 3.8) is 0 Å². The SMILES string of the molecule is Cc1noc([C@H]2CN(C(=O)c3ccccc3Cl)CC23CCOCC3)n1.